The highest BCUT2D eigenvalue weighted by Gasteiger charge is 2.32. The van der Waals surface area contributed by atoms with Crippen LogP contribution in [0.25, 0.3) is 0 Å². The molecule has 0 aliphatic heterocycles. The number of phenolic OH excluding ortho intramolecular Hbond substituents is 2. The van der Waals surface area contributed by atoms with Gasteiger partial charge in [0.2, 0.25) is 0 Å². The second-order valence-corrected chi connectivity index (χ2v) is 6.56. The molecule has 122 valence electrons. The van der Waals surface area contributed by atoms with Crippen LogP contribution in [0.1, 0.15) is 37.8 Å². The Kier molecular flexibility index (Phi) is 5.16. The molecule has 0 spiro atoms. The van der Waals surface area contributed by atoms with E-state index in [1.54, 1.807) is 19.9 Å². The fourth-order valence-corrected chi connectivity index (χ4v) is 3.77. The van der Waals surface area contributed by atoms with Crippen LogP contribution < -0.4 is 0 Å². The average molecular weight is 328 g/mol. The van der Waals surface area contributed by atoms with Crippen LogP contribution in [0, 0.1) is 0 Å². The van der Waals surface area contributed by atoms with E-state index in [1.807, 2.05) is 6.92 Å². The Morgan fingerprint density at radius 3 is 2.36 bits per heavy atom. The molecule has 0 radical (unpaired) electrons. The van der Waals surface area contributed by atoms with E-state index >= 15 is 0 Å². The third-order valence-corrected chi connectivity index (χ3v) is 4.96. The molecule has 6 nitrogen and oxygen atoms in total. The van der Waals surface area contributed by atoms with Gasteiger partial charge < -0.3 is 14.7 Å². The van der Waals surface area contributed by atoms with E-state index in [-0.39, 0.29) is 37.1 Å². The summed E-state index contributed by atoms with van der Waals surface area (Å²) in [4.78, 5) is 0. The smallest absolute Gasteiger partial charge is 0.508 e. The highest BCUT2D eigenvalue weighted by Crippen LogP contribution is 2.53. The molecule has 1 aliphatic rings. The Morgan fingerprint density at radius 2 is 1.77 bits per heavy atom. The molecule has 1 aliphatic carbocycles. The fourth-order valence-electron chi connectivity index (χ4n) is 2.54. The number of phosphoric ester groups is 1. The molecule has 0 heterocycles. The summed E-state index contributed by atoms with van der Waals surface area (Å²) >= 11 is 0. The fraction of sp³-hybridized carbons (Fsp3) is 0.467. The van der Waals surface area contributed by atoms with Gasteiger partial charge in [-0.05, 0) is 32.1 Å². The van der Waals surface area contributed by atoms with Gasteiger partial charge >= 0.3 is 7.82 Å². The van der Waals surface area contributed by atoms with Crippen molar-refractivity contribution in [2.24, 2.45) is 0 Å². The predicted molar refractivity (Wildman–Crippen MR) is 81.9 cm³/mol. The Hall–Kier alpha value is -1.49. The molecule has 0 saturated heterocycles. The minimum Gasteiger partial charge on any atom is -0.508 e. The van der Waals surface area contributed by atoms with E-state index < -0.39 is 7.82 Å². The first-order valence-corrected chi connectivity index (χ1v) is 8.69. The number of rotatable bonds is 6. The van der Waals surface area contributed by atoms with Crippen molar-refractivity contribution in [1.82, 2.24) is 0 Å². The SMILES string of the molecule is CCOP(=O)(OCC)OC1=CC(C)c2c(O)ccc(O)c2C1. The van der Waals surface area contributed by atoms with Crippen molar-refractivity contribution in [3.05, 3.63) is 35.1 Å². The first-order valence-electron chi connectivity index (χ1n) is 7.23. The third-order valence-electron chi connectivity index (χ3n) is 3.36. The topological polar surface area (TPSA) is 85.2 Å². The molecule has 1 aromatic rings. The molecule has 0 saturated carbocycles. The largest absolute Gasteiger partial charge is 0.529 e. The molecule has 7 heteroatoms. The second-order valence-electron chi connectivity index (χ2n) is 4.97. The van der Waals surface area contributed by atoms with Crippen LogP contribution in [0.3, 0.4) is 0 Å². The molecule has 1 aromatic carbocycles. The van der Waals surface area contributed by atoms with Gasteiger partial charge in [-0.25, -0.2) is 4.57 Å². The molecule has 0 aromatic heterocycles. The quantitative estimate of drug-likeness (QED) is 0.609. The lowest BCUT2D eigenvalue weighted by Gasteiger charge is -2.26. The van der Waals surface area contributed by atoms with Crippen molar-refractivity contribution in [2.45, 2.75) is 33.1 Å². The number of hydrogen-bond donors (Lipinski definition) is 2. The predicted octanol–water partition coefficient (Wildman–Crippen LogP) is 3.84. The second kappa shape index (κ2) is 6.73. The van der Waals surface area contributed by atoms with Crippen LogP contribution in [0.4, 0.5) is 0 Å². The molecular formula is C15H21O6P. The van der Waals surface area contributed by atoms with Gasteiger partial charge in [0, 0.05) is 23.5 Å². The molecular weight excluding hydrogens is 307 g/mol. The van der Waals surface area contributed by atoms with E-state index in [0.717, 1.165) is 0 Å². The van der Waals surface area contributed by atoms with E-state index in [2.05, 4.69) is 0 Å². The lowest BCUT2D eigenvalue weighted by Crippen LogP contribution is -2.10. The van der Waals surface area contributed by atoms with Gasteiger partial charge in [-0.3, -0.25) is 9.05 Å². The van der Waals surface area contributed by atoms with Crippen molar-refractivity contribution in [1.29, 1.82) is 0 Å². The molecule has 0 bridgehead atoms. The van der Waals surface area contributed by atoms with Crippen molar-refractivity contribution in [3.63, 3.8) is 0 Å². The van der Waals surface area contributed by atoms with Gasteiger partial charge in [-0.2, -0.15) is 0 Å². The number of fused-ring (bicyclic) bond motifs is 1. The van der Waals surface area contributed by atoms with Gasteiger partial charge in [0.05, 0.1) is 13.2 Å². The number of phosphoric acid groups is 1. The molecule has 2 rings (SSSR count). The van der Waals surface area contributed by atoms with Gasteiger partial charge in [-0.1, -0.05) is 6.92 Å². The standard InChI is InChI=1S/C15H21O6P/c1-4-19-22(18,20-5-2)21-11-8-10(3)15-12(9-11)13(16)6-7-14(15)17/h6-8,10,16-17H,4-5,9H2,1-3H3. The minimum atomic E-state index is -3.67. The van der Waals surface area contributed by atoms with Crippen LogP contribution in [0.2, 0.25) is 0 Å². The summed E-state index contributed by atoms with van der Waals surface area (Å²) in [6.07, 6.45) is 1.95. The maximum atomic E-state index is 12.4. The summed E-state index contributed by atoms with van der Waals surface area (Å²) < 4.78 is 28.1. The normalized spacial score (nSPS) is 17.8. The van der Waals surface area contributed by atoms with Crippen molar-refractivity contribution in [3.8, 4) is 11.5 Å². The lowest BCUT2D eigenvalue weighted by molar-refractivity contribution is 0.143. The lowest BCUT2D eigenvalue weighted by atomic mass is 9.87. The summed E-state index contributed by atoms with van der Waals surface area (Å²) in [6.45, 7) is 5.65. The molecule has 1 unspecified atom stereocenters. The van der Waals surface area contributed by atoms with Crippen LogP contribution in [-0.4, -0.2) is 23.4 Å². The maximum absolute atomic E-state index is 12.4. The highest BCUT2D eigenvalue weighted by molar-refractivity contribution is 7.48. The summed E-state index contributed by atoms with van der Waals surface area (Å²) in [7, 11) is -3.67. The van der Waals surface area contributed by atoms with E-state index in [9.17, 15) is 14.8 Å². The summed E-state index contributed by atoms with van der Waals surface area (Å²) in [5.41, 5.74) is 1.21. The van der Waals surface area contributed by atoms with Gasteiger partial charge in [-0.15, -0.1) is 0 Å². The number of hydrogen-bond acceptors (Lipinski definition) is 6. The molecule has 0 fully saturated rings. The maximum Gasteiger partial charge on any atom is 0.529 e. The number of aromatic hydroxyl groups is 2. The minimum absolute atomic E-state index is 0.0662. The first kappa shape index (κ1) is 16.9. The number of allylic oxidation sites excluding steroid dienone is 2. The monoisotopic (exact) mass is 328 g/mol. The van der Waals surface area contributed by atoms with Crippen LogP contribution in [0.5, 0.6) is 11.5 Å². The van der Waals surface area contributed by atoms with Crippen molar-refractivity contribution >= 4 is 7.82 Å². The van der Waals surface area contributed by atoms with E-state index in [1.165, 1.54) is 12.1 Å². The van der Waals surface area contributed by atoms with Gasteiger partial charge in [0.15, 0.2) is 0 Å². The highest BCUT2D eigenvalue weighted by atomic mass is 31.2. The summed E-state index contributed by atoms with van der Waals surface area (Å²) in [6, 6.07) is 2.88. The van der Waals surface area contributed by atoms with Gasteiger partial charge in [0.1, 0.15) is 17.3 Å². The zero-order valence-electron chi connectivity index (χ0n) is 12.9. The Labute approximate surface area is 129 Å². The molecule has 0 amide bonds. The molecule has 22 heavy (non-hydrogen) atoms. The van der Waals surface area contributed by atoms with Crippen LogP contribution in [0.15, 0.2) is 24.0 Å². The van der Waals surface area contributed by atoms with Gasteiger partial charge in [0.25, 0.3) is 0 Å². The van der Waals surface area contributed by atoms with E-state index in [4.69, 9.17) is 13.6 Å². The van der Waals surface area contributed by atoms with E-state index in [0.29, 0.717) is 16.9 Å². The Morgan fingerprint density at radius 1 is 1.18 bits per heavy atom. The first-order chi connectivity index (χ1) is 10.4. The number of phenols is 2. The van der Waals surface area contributed by atoms with Crippen LogP contribution >= 0.6 is 7.82 Å². The zero-order valence-corrected chi connectivity index (χ0v) is 13.8. The Bertz CT molecular complexity index is 615. The molecule has 1 atom stereocenters. The van der Waals surface area contributed by atoms with Crippen LogP contribution in [-0.2, 0) is 24.6 Å². The summed E-state index contributed by atoms with van der Waals surface area (Å²) in [5, 5.41) is 19.9. The number of benzene rings is 1. The van der Waals surface area contributed by atoms with Crippen molar-refractivity contribution < 1.29 is 28.3 Å². The zero-order chi connectivity index (χ0) is 16.3. The third kappa shape index (κ3) is 3.46. The summed E-state index contributed by atoms with van der Waals surface area (Å²) in [5.74, 6) is 0.388. The van der Waals surface area contributed by atoms with Crippen molar-refractivity contribution in [2.75, 3.05) is 13.2 Å². The average Bonchev–Trinajstić information content (AvgIpc) is 2.43. The molecule has 2 N–H and O–H groups in total. The Balaban J connectivity index is 2.29.